The van der Waals surface area contributed by atoms with Crippen molar-refractivity contribution in [3.8, 4) is 0 Å². The van der Waals surface area contributed by atoms with Crippen molar-refractivity contribution in [3.05, 3.63) is 69.2 Å². The van der Waals surface area contributed by atoms with E-state index in [0.29, 0.717) is 0 Å². The summed E-state index contributed by atoms with van der Waals surface area (Å²) in [5.74, 6) is 0. The molecule has 0 amide bonds. The lowest BCUT2D eigenvalue weighted by atomic mass is 9.86. The van der Waals surface area contributed by atoms with Crippen molar-refractivity contribution in [1.29, 1.82) is 0 Å². The molecular formula is C18H20BrCl. The van der Waals surface area contributed by atoms with Crippen molar-refractivity contribution >= 4 is 27.5 Å². The van der Waals surface area contributed by atoms with Gasteiger partial charge in [-0.15, -0.1) is 11.6 Å². The summed E-state index contributed by atoms with van der Waals surface area (Å²) >= 11 is 10.2. The minimum Gasteiger partial charge on any atom is -0.113 e. The largest absolute Gasteiger partial charge is 0.113 e. The molecule has 0 heterocycles. The van der Waals surface area contributed by atoms with Gasteiger partial charge in [0.1, 0.15) is 0 Å². The third kappa shape index (κ3) is 3.27. The van der Waals surface area contributed by atoms with Crippen LogP contribution in [0.3, 0.4) is 0 Å². The van der Waals surface area contributed by atoms with Gasteiger partial charge in [-0.2, -0.15) is 0 Å². The maximum atomic E-state index is 6.65. The number of alkyl halides is 1. The molecule has 20 heavy (non-hydrogen) atoms. The fraction of sp³-hybridized carbons (Fsp3) is 0.333. The molecule has 0 aliphatic carbocycles. The van der Waals surface area contributed by atoms with Crippen LogP contribution in [0.15, 0.2) is 46.9 Å². The highest BCUT2D eigenvalue weighted by Crippen LogP contribution is 2.34. The van der Waals surface area contributed by atoms with E-state index in [1.54, 1.807) is 0 Å². The van der Waals surface area contributed by atoms with Crippen molar-refractivity contribution in [2.75, 3.05) is 0 Å². The third-order valence-corrected chi connectivity index (χ3v) is 5.00. The fourth-order valence-corrected chi connectivity index (χ4v) is 2.99. The van der Waals surface area contributed by atoms with Crippen LogP contribution in [-0.4, -0.2) is 0 Å². The third-order valence-electron chi connectivity index (χ3n) is 3.65. The molecule has 2 rings (SSSR count). The molecule has 106 valence electrons. The highest BCUT2D eigenvalue weighted by molar-refractivity contribution is 9.10. The summed E-state index contributed by atoms with van der Waals surface area (Å²) in [4.78, 5) is 0. The van der Waals surface area contributed by atoms with Crippen molar-refractivity contribution < 1.29 is 0 Å². The Morgan fingerprint density at radius 1 is 1.00 bits per heavy atom. The molecule has 0 saturated carbocycles. The van der Waals surface area contributed by atoms with Crippen LogP contribution in [0.25, 0.3) is 0 Å². The van der Waals surface area contributed by atoms with Gasteiger partial charge in [0, 0.05) is 4.47 Å². The summed E-state index contributed by atoms with van der Waals surface area (Å²) in [5, 5.41) is -0.110. The first kappa shape index (κ1) is 15.6. The van der Waals surface area contributed by atoms with Crippen molar-refractivity contribution in [1.82, 2.24) is 0 Å². The van der Waals surface area contributed by atoms with E-state index in [9.17, 15) is 0 Å². The number of rotatable bonds is 2. The molecular weight excluding hydrogens is 332 g/mol. The molecule has 2 aromatic rings. The predicted molar refractivity (Wildman–Crippen MR) is 91.7 cm³/mol. The minimum atomic E-state index is -0.110. The second-order valence-electron chi connectivity index (χ2n) is 6.19. The number of hydrogen-bond donors (Lipinski definition) is 0. The molecule has 0 aliphatic heterocycles. The van der Waals surface area contributed by atoms with E-state index in [1.807, 2.05) is 12.1 Å². The molecule has 0 saturated heterocycles. The molecule has 2 heteroatoms. The van der Waals surface area contributed by atoms with Crippen LogP contribution in [0, 0.1) is 6.92 Å². The summed E-state index contributed by atoms with van der Waals surface area (Å²) in [7, 11) is 0. The van der Waals surface area contributed by atoms with Gasteiger partial charge in [0.2, 0.25) is 0 Å². The van der Waals surface area contributed by atoms with E-state index in [1.165, 1.54) is 11.1 Å². The van der Waals surface area contributed by atoms with Crippen molar-refractivity contribution in [3.63, 3.8) is 0 Å². The lowest BCUT2D eigenvalue weighted by Crippen LogP contribution is -2.10. The Morgan fingerprint density at radius 2 is 1.60 bits per heavy atom. The average Bonchev–Trinajstić information content (AvgIpc) is 2.40. The average molecular weight is 352 g/mol. The molecule has 0 bridgehead atoms. The highest BCUT2D eigenvalue weighted by atomic mass is 79.9. The van der Waals surface area contributed by atoms with Crippen LogP contribution in [0.5, 0.6) is 0 Å². The van der Waals surface area contributed by atoms with E-state index < -0.39 is 0 Å². The van der Waals surface area contributed by atoms with Gasteiger partial charge in [-0.25, -0.2) is 0 Å². The van der Waals surface area contributed by atoms with Gasteiger partial charge >= 0.3 is 0 Å². The van der Waals surface area contributed by atoms with Crippen molar-refractivity contribution in [2.45, 2.75) is 38.5 Å². The molecule has 0 N–H and O–H groups in total. The first-order valence-corrected chi connectivity index (χ1v) is 8.03. The molecule has 0 fully saturated rings. The highest BCUT2D eigenvalue weighted by Gasteiger charge is 2.17. The SMILES string of the molecule is Cc1c(Br)cccc1C(Cl)c1ccc(C(C)(C)C)cc1. The molecule has 0 aliphatic rings. The molecule has 0 spiro atoms. The van der Waals surface area contributed by atoms with Crippen LogP contribution in [0.1, 0.15) is 48.4 Å². The van der Waals surface area contributed by atoms with E-state index in [4.69, 9.17) is 11.6 Å². The fourth-order valence-electron chi connectivity index (χ4n) is 2.23. The van der Waals surface area contributed by atoms with Crippen LogP contribution < -0.4 is 0 Å². The first-order valence-electron chi connectivity index (χ1n) is 6.80. The minimum absolute atomic E-state index is 0.110. The molecule has 1 unspecified atom stereocenters. The quantitative estimate of drug-likeness (QED) is 0.550. The summed E-state index contributed by atoms with van der Waals surface area (Å²) < 4.78 is 1.10. The molecule has 0 aromatic heterocycles. The molecule has 0 radical (unpaired) electrons. The van der Waals surface area contributed by atoms with Crippen molar-refractivity contribution in [2.24, 2.45) is 0 Å². The van der Waals surface area contributed by atoms with Gasteiger partial charge in [-0.1, -0.05) is 73.1 Å². The van der Waals surface area contributed by atoms with Crippen LogP contribution in [0.4, 0.5) is 0 Å². The van der Waals surface area contributed by atoms with E-state index in [0.717, 1.165) is 15.6 Å². The Balaban J connectivity index is 2.34. The zero-order valence-corrected chi connectivity index (χ0v) is 14.7. The number of benzene rings is 2. The lowest BCUT2D eigenvalue weighted by molar-refractivity contribution is 0.590. The first-order chi connectivity index (χ1) is 9.30. The predicted octanol–water partition coefficient (Wildman–Crippen LogP) is 6.38. The van der Waals surface area contributed by atoms with Crippen LogP contribution in [-0.2, 0) is 5.41 Å². The van der Waals surface area contributed by atoms with E-state index in [-0.39, 0.29) is 10.8 Å². The molecule has 2 aromatic carbocycles. The van der Waals surface area contributed by atoms with Gasteiger partial charge < -0.3 is 0 Å². The monoisotopic (exact) mass is 350 g/mol. The Kier molecular flexibility index (Phi) is 4.61. The maximum absolute atomic E-state index is 6.65. The summed E-state index contributed by atoms with van der Waals surface area (Å²) in [5.41, 5.74) is 5.00. The summed E-state index contributed by atoms with van der Waals surface area (Å²) in [6, 6.07) is 14.8. The second kappa shape index (κ2) is 5.91. The second-order valence-corrected chi connectivity index (χ2v) is 7.48. The van der Waals surface area contributed by atoms with Gasteiger partial charge in [0.05, 0.1) is 5.38 Å². The van der Waals surface area contributed by atoms with E-state index in [2.05, 4.69) is 74.0 Å². The van der Waals surface area contributed by atoms with Gasteiger partial charge in [-0.05, 0) is 40.7 Å². The van der Waals surface area contributed by atoms with Gasteiger partial charge in [0.25, 0.3) is 0 Å². The Bertz CT molecular complexity index is 594. The summed E-state index contributed by atoms with van der Waals surface area (Å²) in [6.07, 6.45) is 0. The molecule has 0 nitrogen and oxygen atoms in total. The lowest BCUT2D eigenvalue weighted by Gasteiger charge is -2.20. The normalized spacial score (nSPS) is 13.3. The Morgan fingerprint density at radius 3 is 2.15 bits per heavy atom. The van der Waals surface area contributed by atoms with Gasteiger partial charge in [0.15, 0.2) is 0 Å². The Labute approximate surface area is 135 Å². The van der Waals surface area contributed by atoms with Crippen LogP contribution in [0.2, 0.25) is 0 Å². The zero-order chi connectivity index (χ0) is 14.9. The maximum Gasteiger partial charge on any atom is 0.0838 e. The summed E-state index contributed by atoms with van der Waals surface area (Å²) in [6.45, 7) is 8.76. The zero-order valence-electron chi connectivity index (χ0n) is 12.4. The Hall–Kier alpha value is -0.790. The smallest absolute Gasteiger partial charge is 0.0838 e. The van der Waals surface area contributed by atoms with E-state index >= 15 is 0 Å². The van der Waals surface area contributed by atoms with Crippen LogP contribution >= 0.6 is 27.5 Å². The standard InChI is InChI=1S/C18H20BrCl/c1-12-15(6-5-7-16(12)19)17(20)13-8-10-14(11-9-13)18(2,3)4/h5-11,17H,1-4H3. The number of hydrogen-bond acceptors (Lipinski definition) is 0. The molecule has 1 atom stereocenters. The number of halogens is 2. The van der Waals surface area contributed by atoms with Gasteiger partial charge in [-0.3, -0.25) is 0 Å². The topological polar surface area (TPSA) is 0 Å².